The van der Waals surface area contributed by atoms with E-state index in [-0.39, 0.29) is 18.7 Å². The van der Waals surface area contributed by atoms with Crippen molar-refractivity contribution in [3.63, 3.8) is 0 Å². The first-order valence-electron chi connectivity index (χ1n) is 11.2. The number of methoxy groups -OCH3 is 2. The molecule has 0 radical (unpaired) electrons. The van der Waals surface area contributed by atoms with E-state index < -0.39 is 0 Å². The van der Waals surface area contributed by atoms with E-state index >= 15 is 0 Å². The molecule has 184 valence electrons. The zero-order valence-electron chi connectivity index (χ0n) is 20.0. The maximum atomic E-state index is 12.9. The first kappa shape index (κ1) is 23.0. The summed E-state index contributed by atoms with van der Waals surface area (Å²) in [7, 11) is 3.06. The number of hydrogen-bond acceptors (Lipinski definition) is 8. The number of aromatic nitrogens is 3. The summed E-state index contributed by atoms with van der Waals surface area (Å²) >= 11 is 0. The lowest BCUT2D eigenvalue weighted by Gasteiger charge is -2.11. The van der Waals surface area contributed by atoms with E-state index in [2.05, 4.69) is 15.4 Å². The van der Waals surface area contributed by atoms with Gasteiger partial charge in [-0.1, -0.05) is 0 Å². The molecule has 0 saturated heterocycles. The Morgan fingerprint density at radius 2 is 1.81 bits per heavy atom. The molecule has 5 rings (SSSR count). The van der Waals surface area contributed by atoms with Gasteiger partial charge < -0.3 is 29.0 Å². The van der Waals surface area contributed by atoms with Crippen LogP contribution in [0.15, 0.2) is 60.7 Å². The summed E-state index contributed by atoms with van der Waals surface area (Å²) < 4.78 is 28.7. The van der Waals surface area contributed by atoms with Crippen LogP contribution in [-0.2, 0) is 0 Å². The minimum absolute atomic E-state index is 0.186. The normalized spacial score (nSPS) is 11.8. The fourth-order valence-electron chi connectivity index (χ4n) is 3.76. The van der Waals surface area contributed by atoms with Gasteiger partial charge in [0.1, 0.15) is 11.5 Å². The molecule has 4 aromatic rings. The Balaban J connectivity index is 1.41. The predicted molar refractivity (Wildman–Crippen MR) is 132 cm³/mol. The maximum Gasteiger partial charge on any atom is 0.336 e. The van der Waals surface area contributed by atoms with E-state index in [0.717, 1.165) is 11.3 Å². The van der Waals surface area contributed by atoms with Crippen molar-refractivity contribution < 1.29 is 28.5 Å². The third-order valence-corrected chi connectivity index (χ3v) is 5.51. The van der Waals surface area contributed by atoms with Crippen LogP contribution in [0.4, 0.5) is 5.69 Å². The van der Waals surface area contributed by atoms with E-state index in [9.17, 15) is 4.79 Å². The molecule has 0 atom stereocenters. The van der Waals surface area contributed by atoms with Gasteiger partial charge in [0, 0.05) is 17.3 Å². The summed E-state index contributed by atoms with van der Waals surface area (Å²) in [5.41, 5.74) is 2.53. The van der Waals surface area contributed by atoms with Gasteiger partial charge in [-0.05, 0) is 61.5 Å². The second-order valence-corrected chi connectivity index (χ2v) is 7.70. The van der Waals surface area contributed by atoms with Crippen molar-refractivity contribution in [3.05, 3.63) is 66.2 Å². The maximum absolute atomic E-state index is 12.9. The first-order valence-corrected chi connectivity index (χ1v) is 11.2. The quantitative estimate of drug-likeness (QED) is 0.391. The molecule has 1 N–H and O–H groups in total. The third-order valence-electron chi connectivity index (χ3n) is 5.51. The van der Waals surface area contributed by atoms with E-state index in [1.807, 2.05) is 37.3 Å². The van der Waals surface area contributed by atoms with Crippen LogP contribution >= 0.6 is 0 Å². The minimum atomic E-state index is -0.303. The molecule has 3 aromatic carbocycles. The average Bonchev–Trinajstić information content (AvgIpc) is 3.55. The fourth-order valence-corrected chi connectivity index (χ4v) is 3.76. The molecule has 0 saturated carbocycles. The van der Waals surface area contributed by atoms with Crippen LogP contribution < -0.4 is 29.0 Å². The lowest BCUT2D eigenvalue weighted by Crippen LogP contribution is -2.13. The Hall–Kier alpha value is -4.73. The van der Waals surface area contributed by atoms with E-state index in [4.69, 9.17) is 23.7 Å². The van der Waals surface area contributed by atoms with Crippen LogP contribution in [0.1, 0.15) is 17.3 Å². The molecule has 0 bridgehead atoms. The summed E-state index contributed by atoms with van der Waals surface area (Å²) in [6.07, 6.45) is 0. The molecule has 1 aliphatic heterocycles. The van der Waals surface area contributed by atoms with Gasteiger partial charge in [-0.3, -0.25) is 4.79 Å². The van der Waals surface area contributed by atoms with Gasteiger partial charge in [0.15, 0.2) is 17.3 Å². The van der Waals surface area contributed by atoms with Gasteiger partial charge in [-0.2, -0.15) is 4.98 Å². The second-order valence-electron chi connectivity index (χ2n) is 7.70. The van der Waals surface area contributed by atoms with Crippen LogP contribution in [0, 0.1) is 0 Å². The second kappa shape index (κ2) is 9.87. The Kier molecular flexibility index (Phi) is 6.31. The molecule has 1 amide bonds. The van der Waals surface area contributed by atoms with E-state index in [1.54, 1.807) is 42.1 Å². The highest BCUT2D eigenvalue weighted by Crippen LogP contribution is 2.36. The molecular weight excluding hydrogens is 464 g/mol. The first-order chi connectivity index (χ1) is 17.6. The molecule has 0 fully saturated rings. The van der Waals surface area contributed by atoms with Crippen molar-refractivity contribution in [2.45, 2.75) is 6.92 Å². The summed E-state index contributed by atoms with van der Waals surface area (Å²) in [5.74, 6) is 2.63. The van der Waals surface area contributed by atoms with Gasteiger partial charge in [0.2, 0.25) is 6.79 Å². The molecular formula is C26H24N4O6. The van der Waals surface area contributed by atoms with Crippen molar-refractivity contribution in [1.29, 1.82) is 0 Å². The van der Waals surface area contributed by atoms with Crippen LogP contribution in [0.5, 0.6) is 29.0 Å². The van der Waals surface area contributed by atoms with Crippen molar-refractivity contribution >= 4 is 11.6 Å². The molecule has 10 nitrogen and oxygen atoms in total. The number of hydrogen-bond donors (Lipinski definition) is 1. The monoisotopic (exact) mass is 488 g/mol. The largest absolute Gasteiger partial charge is 0.497 e. The Morgan fingerprint density at radius 1 is 1.00 bits per heavy atom. The molecule has 10 heteroatoms. The highest BCUT2D eigenvalue weighted by Gasteiger charge is 2.20. The SMILES string of the molecule is CCOc1nc(-c2ccc3c(c2)OCO3)n(-c2ccc(NC(=O)c3ccc(OC)cc3OC)cc2)n1. The van der Waals surface area contributed by atoms with Crippen molar-refractivity contribution in [2.75, 3.05) is 32.9 Å². The number of carbonyl (C=O) groups is 1. The fraction of sp³-hybridized carbons (Fsp3) is 0.192. The zero-order valence-corrected chi connectivity index (χ0v) is 20.0. The van der Waals surface area contributed by atoms with Gasteiger partial charge in [-0.25, -0.2) is 4.68 Å². The highest BCUT2D eigenvalue weighted by atomic mass is 16.7. The number of nitrogens with zero attached hydrogens (tertiary/aromatic N) is 3. The number of benzene rings is 3. The van der Waals surface area contributed by atoms with Gasteiger partial charge in [-0.15, -0.1) is 5.10 Å². The van der Waals surface area contributed by atoms with Crippen LogP contribution in [0.3, 0.4) is 0 Å². The van der Waals surface area contributed by atoms with Gasteiger partial charge >= 0.3 is 6.01 Å². The third kappa shape index (κ3) is 4.48. The van der Waals surface area contributed by atoms with Crippen LogP contribution in [0.25, 0.3) is 17.1 Å². The van der Waals surface area contributed by atoms with Gasteiger partial charge in [0.05, 0.1) is 32.1 Å². The summed E-state index contributed by atoms with van der Waals surface area (Å²) in [5, 5.41) is 7.40. The Labute approximate surface area is 207 Å². The standard InChI is InChI=1S/C26H24N4O6/c1-4-34-26-28-24(16-5-12-21-23(13-16)36-15-35-21)30(29-26)18-8-6-17(7-9-18)27-25(31)20-11-10-19(32-2)14-22(20)33-3/h5-14H,4,15H2,1-3H3,(H,27,31). The minimum Gasteiger partial charge on any atom is -0.497 e. The number of amides is 1. The van der Waals surface area contributed by atoms with Crippen molar-refractivity contribution in [2.24, 2.45) is 0 Å². The van der Waals surface area contributed by atoms with E-state index in [1.165, 1.54) is 7.11 Å². The number of anilines is 1. The number of rotatable bonds is 8. The zero-order chi connectivity index (χ0) is 25.1. The molecule has 1 aromatic heterocycles. The Morgan fingerprint density at radius 3 is 2.56 bits per heavy atom. The molecule has 0 unspecified atom stereocenters. The number of carbonyl (C=O) groups excluding carboxylic acids is 1. The molecule has 36 heavy (non-hydrogen) atoms. The number of fused-ring (bicyclic) bond motifs is 1. The Bertz CT molecular complexity index is 1400. The van der Waals surface area contributed by atoms with Crippen LogP contribution in [0.2, 0.25) is 0 Å². The van der Waals surface area contributed by atoms with Gasteiger partial charge in [0.25, 0.3) is 5.91 Å². The predicted octanol–water partition coefficient (Wildman–Crippen LogP) is 4.33. The topological polar surface area (TPSA) is 106 Å². The van der Waals surface area contributed by atoms with Crippen molar-refractivity contribution in [3.8, 4) is 46.1 Å². The molecule has 2 heterocycles. The smallest absolute Gasteiger partial charge is 0.336 e. The number of ether oxygens (including phenoxy) is 5. The molecule has 0 spiro atoms. The van der Waals surface area contributed by atoms with Crippen LogP contribution in [-0.4, -0.2) is 48.3 Å². The summed E-state index contributed by atoms with van der Waals surface area (Å²) in [6, 6.07) is 18.1. The molecule has 0 aliphatic carbocycles. The lowest BCUT2D eigenvalue weighted by molar-refractivity contribution is 0.102. The summed E-state index contributed by atoms with van der Waals surface area (Å²) in [4.78, 5) is 17.4. The molecule has 1 aliphatic rings. The lowest BCUT2D eigenvalue weighted by atomic mass is 10.1. The average molecular weight is 489 g/mol. The van der Waals surface area contributed by atoms with E-state index in [0.29, 0.717) is 46.7 Å². The van der Waals surface area contributed by atoms with Crippen molar-refractivity contribution in [1.82, 2.24) is 14.8 Å². The highest BCUT2D eigenvalue weighted by molar-refractivity contribution is 6.06. The summed E-state index contributed by atoms with van der Waals surface area (Å²) in [6.45, 7) is 2.49. The number of nitrogens with one attached hydrogen (secondary N) is 1.